The van der Waals surface area contributed by atoms with E-state index in [4.69, 9.17) is 10.5 Å². The molecule has 2 N–H and O–H groups in total. The van der Waals surface area contributed by atoms with Crippen molar-refractivity contribution in [1.29, 1.82) is 0 Å². The minimum Gasteiger partial charge on any atom is -0.497 e. The summed E-state index contributed by atoms with van der Waals surface area (Å²) in [6, 6.07) is 11.6. The minimum atomic E-state index is 0.178. The highest BCUT2D eigenvalue weighted by molar-refractivity contribution is 5.77. The number of nitrogens with two attached hydrogens (primary N) is 1. The highest BCUT2D eigenvalue weighted by Gasteiger charge is 2.29. The summed E-state index contributed by atoms with van der Waals surface area (Å²) >= 11 is 0. The first kappa shape index (κ1) is 19.8. The summed E-state index contributed by atoms with van der Waals surface area (Å²) < 4.78 is 5.18. The maximum Gasteiger partial charge on any atom is 0.222 e. The fourth-order valence-electron chi connectivity index (χ4n) is 3.91. The molecular weight excluding hydrogens is 378 g/mol. The Morgan fingerprint density at radius 3 is 2.83 bits per heavy atom. The van der Waals surface area contributed by atoms with Gasteiger partial charge in [0.2, 0.25) is 5.91 Å². The number of ether oxygens (including phenoxy) is 1. The van der Waals surface area contributed by atoms with Gasteiger partial charge in [0.15, 0.2) is 0 Å². The Morgan fingerprint density at radius 2 is 2.07 bits per heavy atom. The van der Waals surface area contributed by atoms with E-state index >= 15 is 0 Å². The van der Waals surface area contributed by atoms with Gasteiger partial charge in [-0.1, -0.05) is 12.1 Å². The van der Waals surface area contributed by atoms with Crippen LogP contribution in [0.15, 0.2) is 55.1 Å². The second-order valence-corrected chi connectivity index (χ2v) is 7.46. The molecule has 1 atom stereocenters. The predicted molar refractivity (Wildman–Crippen MR) is 115 cm³/mol. The molecule has 30 heavy (non-hydrogen) atoms. The normalized spacial score (nSPS) is 15.9. The number of anilines is 1. The van der Waals surface area contributed by atoms with Crippen molar-refractivity contribution < 1.29 is 9.53 Å². The van der Waals surface area contributed by atoms with E-state index in [1.165, 1.54) is 0 Å². The summed E-state index contributed by atoms with van der Waals surface area (Å²) in [5, 5.41) is 0. The van der Waals surface area contributed by atoms with Gasteiger partial charge in [-0.25, -0.2) is 15.0 Å². The van der Waals surface area contributed by atoms with Crippen LogP contribution in [-0.2, 0) is 11.2 Å². The quantitative estimate of drug-likeness (QED) is 0.680. The van der Waals surface area contributed by atoms with E-state index in [0.717, 1.165) is 47.5 Å². The van der Waals surface area contributed by atoms with Crippen LogP contribution in [0.1, 0.15) is 30.0 Å². The number of carbonyl (C=O) groups excluding carboxylic acids is 1. The number of benzene rings is 1. The number of carbonyl (C=O) groups is 1. The number of pyridine rings is 1. The third kappa shape index (κ3) is 4.40. The van der Waals surface area contributed by atoms with Crippen molar-refractivity contribution >= 4 is 11.7 Å². The smallest absolute Gasteiger partial charge is 0.222 e. The van der Waals surface area contributed by atoms with Crippen molar-refractivity contribution in [2.24, 2.45) is 0 Å². The van der Waals surface area contributed by atoms with Gasteiger partial charge in [0.25, 0.3) is 0 Å². The van der Waals surface area contributed by atoms with Crippen LogP contribution in [0, 0.1) is 0 Å². The van der Waals surface area contributed by atoms with Crippen molar-refractivity contribution in [3.05, 3.63) is 66.4 Å². The molecule has 1 aromatic carbocycles. The molecule has 0 bridgehead atoms. The average molecular weight is 403 g/mol. The van der Waals surface area contributed by atoms with E-state index in [1.807, 2.05) is 47.5 Å². The molecule has 2 aromatic heterocycles. The van der Waals surface area contributed by atoms with Crippen molar-refractivity contribution in [1.82, 2.24) is 19.9 Å². The molecule has 3 heterocycles. The fraction of sp³-hybridized carbons (Fsp3) is 0.304. The second-order valence-electron chi connectivity index (χ2n) is 7.46. The molecule has 1 fully saturated rings. The minimum absolute atomic E-state index is 0.178. The lowest BCUT2D eigenvalue weighted by Gasteiger charge is -2.18. The molecule has 0 radical (unpaired) electrons. The van der Waals surface area contributed by atoms with Crippen LogP contribution in [0.25, 0.3) is 11.1 Å². The van der Waals surface area contributed by atoms with Gasteiger partial charge in [-0.05, 0) is 48.2 Å². The Balaban J connectivity index is 1.41. The van der Waals surface area contributed by atoms with Crippen molar-refractivity contribution in [2.75, 3.05) is 25.9 Å². The Kier molecular flexibility index (Phi) is 5.88. The van der Waals surface area contributed by atoms with Gasteiger partial charge >= 0.3 is 0 Å². The van der Waals surface area contributed by atoms with Gasteiger partial charge < -0.3 is 15.4 Å². The molecule has 0 saturated carbocycles. The predicted octanol–water partition coefficient (Wildman–Crippen LogP) is 3.08. The van der Waals surface area contributed by atoms with Crippen molar-refractivity contribution in [3.8, 4) is 16.9 Å². The molecule has 1 unspecified atom stereocenters. The molecule has 0 spiro atoms. The van der Waals surface area contributed by atoms with Crippen LogP contribution >= 0.6 is 0 Å². The highest BCUT2D eigenvalue weighted by Crippen LogP contribution is 2.33. The highest BCUT2D eigenvalue weighted by atomic mass is 16.5. The lowest BCUT2D eigenvalue weighted by Crippen LogP contribution is -2.28. The number of nitrogens with zero attached hydrogens (tertiary/aromatic N) is 4. The summed E-state index contributed by atoms with van der Waals surface area (Å²) in [5.41, 5.74) is 9.83. The molecule has 1 aliphatic heterocycles. The van der Waals surface area contributed by atoms with E-state index in [2.05, 4.69) is 15.0 Å². The summed E-state index contributed by atoms with van der Waals surface area (Å²) in [5.74, 6) is 1.65. The number of amides is 1. The summed E-state index contributed by atoms with van der Waals surface area (Å²) in [7, 11) is 1.65. The van der Waals surface area contributed by atoms with Crippen molar-refractivity contribution in [3.63, 3.8) is 0 Å². The topological polar surface area (TPSA) is 94.2 Å². The zero-order valence-electron chi connectivity index (χ0n) is 17.0. The molecule has 1 amide bonds. The van der Waals surface area contributed by atoms with Crippen LogP contribution in [0.2, 0.25) is 0 Å². The SMILES string of the molecule is COc1ccc(CCC(=O)N2CCC(c3ncncc3-c3ccnc(N)c3)C2)cc1. The molecular formula is C23H25N5O2. The molecule has 1 aliphatic rings. The molecule has 7 nitrogen and oxygen atoms in total. The first-order valence-corrected chi connectivity index (χ1v) is 10.1. The summed E-state index contributed by atoms with van der Waals surface area (Å²) in [6.07, 6.45) is 7.17. The first-order valence-electron chi connectivity index (χ1n) is 10.1. The number of likely N-dealkylation sites (tertiary alicyclic amines) is 1. The maximum absolute atomic E-state index is 12.8. The van der Waals surface area contributed by atoms with Gasteiger partial charge in [0.05, 0.1) is 12.8 Å². The lowest BCUT2D eigenvalue weighted by molar-refractivity contribution is -0.130. The molecule has 154 valence electrons. The molecule has 3 aromatic rings. The number of rotatable bonds is 6. The third-order valence-corrected chi connectivity index (χ3v) is 5.55. The van der Waals surface area contributed by atoms with E-state index < -0.39 is 0 Å². The third-order valence-electron chi connectivity index (χ3n) is 5.55. The largest absolute Gasteiger partial charge is 0.497 e. The molecule has 1 saturated heterocycles. The zero-order valence-corrected chi connectivity index (χ0v) is 17.0. The first-order chi connectivity index (χ1) is 14.6. The summed E-state index contributed by atoms with van der Waals surface area (Å²) in [4.78, 5) is 27.5. The number of hydrogen-bond acceptors (Lipinski definition) is 6. The zero-order chi connectivity index (χ0) is 20.9. The number of aromatic nitrogens is 3. The molecule has 0 aliphatic carbocycles. The maximum atomic E-state index is 12.8. The van der Waals surface area contributed by atoms with Crippen molar-refractivity contribution in [2.45, 2.75) is 25.2 Å². The van der Waals surface area contributed by atoms with E-state index in [9.17, 15) is 4.79 Å². The number of aryl methyl sites for hydroxylation is 1. The van der Waals surface area contributed by atoms with Crippen LogP contribution in [0.5, 0.6) is 5.75 Å². The van der Waals surface area contributed by atoms with Gasteiger partial charge in [-0.3, -0.25) is 4.79 Å². The van der Waals surface area contributed by atoms with E-state index in [-0.39, 0.29) is 11.8 Å². The second kappa shape index (κ2) is 8.90. The van der Waals surface area contributed by atoms with Gasteiger partial charge in [-0.15, -0.1) is 0 Å². The number of nitrogen functional groups attached to an aromatic ring is 1. The van der Waals surface area contributed by atoms with E-state index in [1.54, 1.807) is 19.6 Å². The van der Waals surface area contributed by atoms with E-state index in [0.29, 0.717) is 18.8 Å². The Bertz CT molecular complexity index is 1020. The molecule has 4 rings (SSSR count). The van der Waals surface area contributed by atoms with Crippen LogP contribution in [0.3, 0.4) is 0 Å². The molecule has 7 heteroatoms. The van der Waals surface area contributed by atoms with Gasteiger partial charge in [0.1, 0.15) is 17.9 Å². The fourth-order valence-corrected chi connectivity index (χ4v) is 3.91. The number of methoxy groups -OCH3 is 1. The number of hydrogen-bond donors (Lipinski definition) is 1. The van der Waals surface area contributed by atoms with Crippen LogP contribution in [0.4, 0.5) is 5.82 Å². The van der Waals surface area contributed by atoms with Gasteiger partial charge in [0, 0.05) is 43.4 Å². The monoisotopic (exact) mass is 403 g/mol. The standard InChI is InChI=1S/C23H25N5O2/c1-30-19-5-2-16(3-6-19)4-7-22(29)28-11-9-18(14-28)23-20(13-25-15-27-23)17-8-10-26-21(24)12-17/h2-3,5-6,8,10,12-13,15,18H,4,7,9,11,14H2,1H3,(H2,24,26). The Hall–Kier alpha value is -3.48. The average Bonchev–Trinajstić information content (AvgIpc) is 3.28. The Labute approximate surface area is 175 Å². The Morgan fingerprint density at radius 1 is 1.23 bits per heavy atom. The lowest BCUT2D eigenvalue weighted by atomic mass is 9.96. The summed E-state index contributed by atoms with van der Waals surface area (Å²) in [6.45, 7) is 1.42. The van der Waals surface area contributed by atoms with Gasteiger partial charge in [-0.2, -0.15) is 0 Å². The van der Waals surface area contributed by atoms with Crippen LogP contribution < -0.4 is 10.5 Å². The van der Waals surface area contributed by atoms with Crippen LogP contribution in [-0.4, -0.2) is 46.0 Å².